The molecule has 2 rings (SSSR count). The molecule has 0 radical (unpaired) electrons. The number of hydrogen-bond donors (Lipinski definition) is 0. The standard InChI is InChI=1S/C12H15N3S/c1-9-3-4-11(7-13)12(14-9)15-5-6-16-10(2)8-15/h3-4,10H,5-6,8H2,1-2H3. The molecule has 1 aliphatic heterocycles. The number of pyridine rings is 1. The maximum Gasteiger partial charge on any atom is 0.146 e. The van der Waals surface area contributed by atoms with E-state index in [1.807, 2.05) is 30.8 Å². The molecule has 3 nitrogen and oxygen atoms in total. The Labute approximate surface area is 100 Å². The summed E-state index contributed by atoms with van der Waals surface area (Å²) in [4.78, 5) is 6.73. The van der Waals surface area contributed by atoms with Gasteiger partial charge in [0.15, 0.2) is 0 Å². The summed E-state index contributed by atoms with van der Waals surface area (Å²) in [7, 11) is 0. The van der Waals surface area contributed by atoms with Crippen LogP contribution in [0.25, 0.3) is 0 Å². The lowest BCUT2D eigenvalue weighted by atomic mass is 10.2. The molecule has 1 saturated heterocycles. The SMILES string of the molecule is Cc1ccc(C#N)c(N2CCSC(C)C2)n1. The molecule has 1 atom stereocenters. The Morgan fingerprint density at radius 1 is 1.56 bits per heavy atom. The van der Waals surface area contributed by atoms with Gasteiger partial charge < -0.3 is 4.90 Å². The molecule has 0 aromatic carbocycles. The topological polar surface area (TPSA) is 39.9 Å². The van der Waals surface area contributed by atoms with Gasteiger partial charge in [0.2, 0.25) is 0 Å². The van der Waals surface area contributed by atoms with Crippen molar-refractivity contribution in [2.24, 2.45) is 0 Å². The van der Waals surface area contributed by atoms with E-state index < -0.39 is 0 Å². The van der Waals surface area contributed by atoms with Gasteiger partial charge >= 0.3 is 0 Å². The average Bonchev–Trinajstić information content (AvgIpc) is 2.29. The molecule has 4 heteroatoms. The van der Waals surface area contributed by atoms with E-state index in [-0.39, 0.29) is 0 Å². The Balaban J connectivity index is 2.31. The van der Waals surface area contributed by atoms with Crippen LogP contribution >= 0.6 is 11.8 Å². The van der Waals surface area contributed by atoms with Gasteiger partial charge in [-0.25, -0.2) is 4.98 Å². The van der Waals surface area contributed by atoms with E-state index >= 15 is 0 Å². The van der Waals surface area contributed by atoms with Gasteiger partial charge in [0.05, 0.1) is 5.56 Å². The van der Waals surface area contributed by atoms with Crippen molar-refractivity contribution >= 4 is 17.6 Å². The molecular formula is C12H15N3S. The maximum absolute atomic E-state index is 9.08. The van der Waals surface area contributed by atoms with Crippen LogP contribution in [-0.4, -0.2) is 29.1 Å². The van der Waals surface area contributed by atoms with Gasteiger partial charge in [0.25, 0.3) is 0 Å². The summed E-state index contributed by atoms with van der Waals surface area (Å²) in [5.74, 6) is 1.97. The second kappa shape index (κ2) is 4.75. The van der Waals surface area contributed by atoms with Crippen LogP contribution in [0.1, 0.15) is 18.2 Å². The van der Waals surface area contributed by atoms with E-state index in [0.717, 1.165) is 30.4 Å². The lowest BCUT2D eigenvalue weighted by molar-refractivity contribution is 0.767. The zero-order valence-electron chi connectivity index (χ0n) is 9.60. The summed E-state index contributed by atoms with van der Waals surface area (Å²) in [6, 6.07) is 5.98. The number of rotatable bonds is 1. The number of hydrogen-bond acceptors (Lipinski definition) is 4. The lowest BCUT2D eigenvalue weighted by Gasteiger charge is -2.32. The molecule has 1 aromatic heterocycles. The van der Waals surface area contributed by atoms with Crippen LogP contribution in [0, 0.1) is 18.3 Å². The van der Waals surface area contributed by atoms with Crippen molar-refractivity contribution < 1.29 is 0 Å². The molecule has 84 valence electrons. The Morgan fingerprint density at radius 3 is 3.06 bits per heavy atom. The molecule has 0 bridgehead atoms. The van der Waals surface area contributed by atoms with E-state index in [0.29, 0.717) is 10.8 Å². The summed E-state index contributed by atoms with van der Waals surface area (Å²) in [5.41, 5.74) is 1.66. The van der Waals surface area contributed by atoms with Crippen molar-refractivity contribution in [3.8, 4) is 6.07 Å². The molecule has 0 N–H and O–H groups in total. The van der Waals surface area contributed by atoms with Crippen LogP contribution in [-0.2, 0) is 0 Å². The van der Waals surface area contributed by atoms with Crippen LogP contribution in [0.2, 0.25) is 0 Å². The average molecular weight is 233 g/mol. The summed E-state index contributed by atoms with van der Waals surface area (Å²) >= 11 is 1.98. The molecule has 1 fully saturated rings. The van der Waals surface area contributed by atoms with Gasteiger partial charge in [0, 0.05) is 29.8 Å². The van der Waals surface area contributed by atoms with Gasteiger partial charge in [-0.2, -0.15) is 17.0 Å². The summed E-state index contributed by atoms with van der Waals surface area (Å²) < 4.78 is 0. The number of nitriles is 1. The van der Waals surface area contributed by atoms with Crippen molar-refractivity contribution in [2.75, 3.05) is 23.7 Å². The molecule has 0 amide bonds. The van der Waals surface area contributed by atoms with Gasteiger partial charge in [-0.05, 0) is 19.1 Å². The van der Waals surface area contributed by atoms with E-state index in [1.54, 1.807) is 0 Å². The Kier molecular flexibility index (Phi) is 3.35. The van der Waals surface area contributed by atoms with Gasteiger partial charge in [0.1, 0.15) is 11.9 Å². The number of nitrogens with zero attached hydrogens (tertiary/aromatic N) is 3. The highest BCUT2D eigenvalue weighted by atomic mass is 32.2. The first-order chi connectivity index (χ1) is 7.70. The minimum absolute atomic E-state index is 0.614. The fourth-order valence-corrected chi connectivity index (χ4v) is 2.90. The zero-order chi connectivity index (χ0) is 11.5. The van der Waals surface area contributed by atoms with E-state index in [4.69, 9.17) is 5.26 Å². The van der Waals surface area contributed by atoms with Crippen molar-refractivity contribution in [3.05, 3.63) is 23.4 Å². The first-order valence-corrected chi connectivity index (χ1v) is 6.50. The van der Waals surface area contributed by atoms with E-state index in [2.05, 4.69) is 22.9 Å². The second-order valence-electron chi connectivity index (χ2n) is 4.06. The number of aryl methyl sites for hydroxylation is 1. The van der Waals surface area contributed by atoms with Crippen molar-refractivity contribution in [1.29, 1.82) is 5.26 Å². The highest BCUT2D eigenvalue weighted by Crippen LogP contribution is 2.24. The van der Waals surface area contributed by atoms with Crippen LogP contribution < -0.4 is 4.90 Å². The maximum atomic E-state index is 9.08. The first-order valence-electron chi connectivity index (χ1n) is 5.45. The van der Waals surface area contributed by atoms with Gasteiger partial charge in [-0.3, -0.25) is 0 Å². The largest absolute Gasteiger partial charge is 0.354 e. The fourth-order valence-electron chi connectivity index (χ4n) is 1.88. The van der Waals surface area contributed by atoms with Crippen LogP contribution in [0.15, 0.2) is 12.1 Å². The molecule has 0 spiro atoms. The van der Waals surface area contributed by atoms with Crippen molar-refractivity contribution in [2.45, 2.75) is 19.1 Å². The van der Waals surface area contributed by atoms with Crippen LogP contribution in [0.3, 0.4) is 0 Å². The predicted octanol–water partition coefficient (Wildman–Crippen LogP) is 2.20. The quantitative estimate of drug-likeness (QED) is 0.745. The van der Waals surface area contributed by atoms with E-state index in [9.17, 15) is 0 Å². The lowest BCUT2D eigenvalue weighted by Crippen LogP contribution is -2.37. The molecule has 1 aromatic rings. The third kappa shape index (κ3) is 2.30. The van der Waals surface area contributed by atoms with Crippen molar-refractivity contribution in [3.63, 3.8) is 0 Å². The zero-order valence-corrected chi connectivity index (χ0v) is 10.4. The molecule has 1 unspecified atom stereocenters. The summed E-state index contributed by atoms with van der Waals surface area (Å²) in [6.45, 7) is 6.15. The summed E-state index contributed by atoms with van der Waals surface area (Å²) in [5, 5.41) is 9.70. The minimum Gasteiger partial charge on any atom is -0.354 e. The highest BCUT2D eigenvalue weighted by Gasteiger charge is 2.20. The molecule has 0 aliphatic carbocycles. The van der Waals surface area contributed by atoms with E-state index in [1.165, 1.54) is 0 Å². The Bertz CT molecular complexity index is 425. The number of thioether (sulfide) groups is 1. The molecule has 1 aliphatic rings. The fraction of sp³-hybridized carbons (Fsp3) is 0.500. The number of anilines is 1. The van der Waals surface area contributed by atoms with Crippen molar-refractivity contribution in [1.82, 2.24) is 4.98 Å². The normalized spacial score (nSPS) is 20.6. The van der Waals surface area contributed by atoms with Crippen LogP contribution in [0.5, 0.6) is 0 Å². The first kappa shape index (κ1) is 11.3. The van der Waals surface area contributed by atoms with Gasteiger partial charge in [-0.15, -0.1) is 0 Å². The third-order valence-electron chi connectivity index (χ3n) is 2.68. The molecule has 16 heavy (non-hydrogen) atoms. The number of aromatic nitrogens is 1. The van der Waals surface area contributed by atoms with Crippen LogP contribution in [0.4, 0.5) is 5.82 Å². The monoisotopic (exact) mass is 233 g/mol. The predicted molar refractivity (Wildman–Crippen MR) is 67.8 cm³/mol. The third-order valence-corrected chi connectivity index (χ3v) is 3.81. The highest BCUT2D eigenvalue weighted by molar-refractivity contribution is 8.00. The smallest absolute Gasteiger partial charge is 0.146 e. The second-order valence-corrected chi connectivity index (χ2v) is 5.61. The Morgan fingerprint density at radius 2 is 2.38 bits per heavy atom. The summed E-state index contributed by atoms with van der Waals surface area (Å²) in [6.07, 6.45) is 0. The molecular weight excluding hydrogens is 218 g/mol. The molecule has 2 heterocycles. The van der Waals surface area contributed by atoms with Gasteiger partial charge in [-0.1, -0.05) is 6.92 Å². The minimum atomic E-state index is 0.614. The molecule has 0 saturated carbocycles. The Hall–Kier alpha value is -1.21.